The fourth-order valence-electron chi connectivity index (χ4n) is 2.01. The van der Waals surface area contributed by atoms with E-state index in [-0.39, 0.29) is 5.41 Å². The van der Waals surface area contributed by atoms with Gasteiger partial charge in [0, 0.05) is 49.2 Å². The van der Waals surface area contributed by atoms with Crippen LogP contribution < -0.4 is 5.32 Å². The van der Waals surface area contributed by atoms with Crippen LogP contribution in [0.25, 0.3) is 0 Å². The van der Waals surface area contributed by atoms with Gasteiger partial charge in [-0.05, 0) is 15.9 Å². The minimum atomic E-state index is -0.0374. The predicted octanol–water partition coefficient (Wildman–Crippen LogP) is 3.00. The molecule has 0 radical (unpaired) electrons. The molecule has 1 N–H and O–H groups in total. The van der Waals surface area contributed by atoms with Gasteiger partial charge in [-0.1, -0.05) is 20.8 Å². The molecule has 1 aromatic rings. The first-order chi connectivity index (χ1) is 9.45. The van der Waals surface area contributed by atoms with Gasteiger partial charge < -0.3 is 5.32 Å². The lowest BCUT2D eigenvalue weighted by atomic mass is 9.96. The summed E-state index contributed by atoms with van der Waals surface area (Å²) in [7, 11) is 0. The van der Waals surface area contributed by atoms with Crippen molar-refractivity contribution in [3.63, 3.8) is 0 Å². The summed E-state index contributed by atoms with van der Waals surface area (Å²) in [5, 5.41) is 3.42. The van der Waals surface area contributed by atoms with Gasteiger partial charge in [0.15, 0.2) is 0 Å². The van der Waals surface area contributed by atoms with Gasteiger partial charge in [0.05, 0.1) is 0 Å². The van der Waals surface area contributed by atoms with Crippen LogP contribution in [0.1, 0.15) is 26.6 Å². The first kappa shape index (κ1) is 16.0. The third kappa shape index (κ3) is 4.90. The Bertz CT molecular complexity index is 441. The van der Waals surface area contributed by atoms with E-state index in [4.69, 9.17) is 0 Å². The van der Waals surface area contributed by atoms with Gasteiger partial charge >= 0.3 is 0 Å². The van der Waals surface area contributed by atoms with Gasteiger partial charge in [0.25, 0.3) is 0 Å². The van der Waals surface area contributed by atoms with Crippen LogP contribution in [0.3, 0.4) is 0 Å². The van der Waals surface area contributed by atoms with E-state index in [2.05, 4.69) is 56.9 Å². The van der Waals surface area contributed by atoms with Crippen molar-refractivity contribution >= 4 is 33.5 Å². The van der Waals surface area contributed by atoms with Crippen molar-refractivity contribution in [2.24, 2.45) is 0 Å². The van der Waals surface area contributed by atoms with Crippen LogP contribution in [0.4, 0.5) is 5.82 Å². The van der Waals surface area contributed by atoms with Crippen molar-refractivity contribution < 1.29 is 0 Å². The molecule has 4 nitrogen and oxygen atoms in total. The Labute approximate surface area is 134 Å². The molecule has 0 unspecified atom stereocenters. The number of hydrogen-bond acceptors (Lipinski definition) is 5. The minimum Gasteiger partial charge on any atom is -0.369 e. The maximum atomic E-state index is 4.61. The number of thioether (sulfide) groups is 1. The Morgan fingerprint density at radius 1 is 1.30 bits per heavy atom. The number of nitrogens with one attached hydrogen (secondary N) is 1. The van der Waals surface area contributed by atoms with Crippen molar-refractivity contribution in [2.45, 2.75) is 26.2 Å². The summed E-state index contributed by atoms with van der Waals surface area (Å²) in [6, 6.07) is 1.95. The van der Waals surface area contributed by atoms with E-state index in [9.17, 15) is 0 Å². The van der Waals surface area contributed by atoms with Crippen LogP contribution in [0.15, 0.2) is 10.7 Å². The van der Waals surface area contributed by atoms with E-state index in [1.807, 2.05) is 17.8 Å². The van der Waals surface area contributed by atoms with Crippen molar-refractivity contribution in [1.82, 2.24) is 14.9 Å². The lowest BCUT2D eigenvalue weighted by molar-refractivity contribution is 0.314. The topological polar surface area (TPSA) is 41.1 Å². The quantitative estimate of drug-likeness (QED) is 0.837. The smallest absolute Gasteiger partial charge is 0.137 e. The van der Waals surface area contributed by atoms with Crippen LogP contribution in [0, 0.1) is 0 Å². The first-order valence-electron chi connectivity index (χ1n) is 7.04. The van der Waals surface area contributed by atoms with Crippen molar-refractivity contribution in [1.29, 1.82) is 0 Å². The molecule has 20 heavy (non-hydrogen) atoms. The summed E-state index contributed by atoms with van der Waals surface area (Å²) >= 11 is 5.52. The molecule has 0 bridgehead atoms. The number of hydrogen-bond donors (Lipinski definition) is 1. The minimum absolute atomic E-state index is 0.0374. The van der Waals surface area contributed by atoms with Gasteiger partial charge in [-0.2, -0.15) is 11.8 Å². The molecule has 2 heterocycles. The number of halogens is 1. The number of rotatable bonds is 4. The highest BCUT2D eigenvalue weighted by Crippen LogP contribution is 2.22. The zero-order valence-corrected chi connectivity index (χ0v) is 14.9. The van der Waals surface area contributed by atoms with Gasteiger partial charge in [-0.25, -0.2) is 9.97 Å². The Balaban J connectivity index is 1.90. The lowest BCUT2D eigenvalue weighted by Gasteiger charge is -2.26. The maximum Gasteiger partial charge on any atom is 0.137 e. The second-order valence-electron chi connectivity index (χ2n) is 6.03. The highest BCUT2D eigenvalue weighted by atomic mass is 79.9. The van der Waals surface area contributed by atoms with Crippen LogP contribution in [0.2, 0.25) is 0 Å². The van der Waals surface area contributed by atoms with Crippen molar-refractivity contribution in [3.05, 3.63) is 16.5 Å². The van der Waals surface area contributed by atoms with Crippen molar-refractivity contribution in [2.75, 3.05) is 43.0 Å². The molecule has 112 valence electrons. The molecule has 0 saturated carbocycles. The third-order valence-corrected chi connectivity index (χ3v) is 4.55. The largest absolute Gasteiger partial charge is 0.369 e. The molecule has 0 aromatic carbocycles. The van der Waals surface area contributed by atoms with E-state index in [1.54, 1.807) is 0 Å². The second kappa shape index (κ2) is 7.09. The van der Waals surface area contributed by atoms with E-state index >= 15 is 0 Å². The van der Waals surface area contributed by atoms with Gasteiger partial charge in [-0.3, -0.25) is 4.90 Å². The molecule has 1 aromatic heterocycles. The molecular weight excluding hydrogens is 336 g/mol. The summed E-state index contributed by atoms with van der Waals surface area (Å²) in [6.45, 7) is 10.8. The predicted molar refractivity (Wildman–Crippen MR) is 90.7 cm³/mol. The van der Waals surface area contributed by atoms with Gasteiger partial charge in [0.1, 0.15) is 16.2 Å². The van der Waals surface area contributed by atoms with E-state index in [0.29, 0.717) is 0 Å². The average molecular weight is 359 g/mol. The summed E-state index contributed by atoms with van der Waals surface area (Å²) in [5.41, 5.74) is -0.0374. The summed E-state index contributed by atoms with van der Waals surface area (Å²) in [6.07, 6.45) is 0. The molecule has 0 aliphatic carbocycles. The first-order valence-corrected chi connectivity index (χ1v) is 8.99. The highest BCUT2D eigenvalue weighted by molar-refractivity contribution is 9.10. The SMILES string of the molecule is CC(C)(C)c1nc(Br)cc(NCCN2CCSCC2)n1. The van der Waals surface area contributed by atoms with E-state index in [1.165, 1.54) is 24.6 Å². The average Bonchev–Trinajstić information content (AvgIpc) is 2.38. The zero-order chi connectivity index (χ0) is 14.6. The number of anilines is 1. The number of aromatic nitrogens is 2. The Morgan fingerprint density at radius 3 is 2.65 bits per heavy atom. The normalized spacial score (nSPS) is 17.2. The molecule has 0 amide bonds. The monoisotopic (exact) mass is 358 g/mol. The van der Waals surface area contributed by atoms with Crippen LogP contribution in [0.5, 0.6) is 0 Å². The number of nitrogens with zero attached hydrogens (tertiary/aromatic N) is 3. The molecule has 0 spiro atoms. The molecule has 1 aliphatic rings. The standard InChI is InChI=1S/C14H23BrN4S/c1-14(2,3)13-17-11(15)10-12(18-13)16-4-5-19-6-8-20-9-7-19/h10H,4-9H2,1-3H3,(H,16,17,18). The zero-order valence-electron chi connectivity index (χ0n) is 12.4. The molecule has 1 saturated heterocycles. The Morgan fingerprint density at radius 2 is 2.00 bits per heavy atom. The Kier molecular flexibility index (Phi) is 5.69. The third-order valence-electron chi connectivity index (χ3n) is 3.20. The van der Waals surface area contributed by atoms with Crippen LogP contribution in [-0.4, -0.2) is 52.6 Å². The van der Waals surface area contributed by atoms with Gasteiger partial charge in [-0.15, -0.1) is 0 Å². The summed E-state index contributed by atoms with van der Waals surface area (Å²) in [4.78, 5) is 11.6. The Hall–Kier alpha value is -0.330. The molecular formula is C14H23BrN4S. The molecule has 2 rings (SSSR count). The molecule has 1 fully saturated rings. The second-order valence-corrected chi connectivity index (χ2v) is 8.07. The van der Waals surface area contributed by atoms with Crippen molar-refractivity contribution in [3.8, 4) is 0 Å². The van der Waals surface area contributed by atoms with Crippen LogP contribution >= 0.6 is 27.7 Å². The molecule has 1 aliphatic heterocycles. The lowest BCUT2D eigenvalue weighted by Crippen LogP contribution is -2.36. The summed E-state index contributed by atoms with van der Waals surface area (Å²) < 4.78 is 0.842. The fourth-order valence-corrected chi connectivity index (χ4v) is 3.37. The van der Waals surface area contributed by atoms with E-state index < -0.39 is 0 Å². The fraction of sp³-hybridized carbons (Fsp3) is 0.714. The molecule has 6 heteroatoms. The molecule has 0 atom stereocenters. The van der Waals surface area contributed by atoms with E-state index in [0.717, 1.165) is 29.3 Å². The maximum absolute atomic E-state index is 4.61. The highest BCUT2D eigenvalue weighted by Gasteiger charge is 2.18. The van der Waals surface area contributed by atoms with Crippen LogP contribution in [-0.2, 0) is 5.41 Å². The summed E-state index contributed by atoms with van der Waals surface area (Å²) in [5.74, 6) is 4.28. The van der Waals surface area contributed by atoms with Gasteiger partial charge in [0.2, 0.25) is 0 Å².